The van der Waals surface area contributed by atoms with Crippen molar-refractivity contribution >= 4 is 39.7 Å². The highest BCUT2D eigenvalue weighted by molar-refractivity contribution is 7.14. The van der Waals surface area contributed by atoms with E-state index in [-0.39, 0.29) is 5.91 Å². The van der Waals surface area contributed by atoms with E-state index < -0.39 is 0 Å². The van der Waals surface area contributed by atoms with E-state index >= 15 is 0 Å². The third kappa shape index (κ3) is 3.66. The number of carbonyl (C=O) groups excluding carboxylic acids is 1. The molecular formula is C15H12ClN3O2S. The molecule has 0 aliphatic carbocycles. The van der Waals surface area contributed by atoms with Gasteiger partial charge >= 0.3 is 0 Å². The molecule has 1 aromatic carbocycles. The second kappa shape index (κ2) is 6.64. The zero-order valence-electron chi connectivity index (χ0n) is 11.4. The van der Waals surface area contributed by atoms with Gasteiger partial charge in [-0.25, -0.2) is 4.98 Å². The normalized spacial score (nSPS) is 10.4. The molecule has 0 saturated carbocycles. The van der Waals surface area contributed by atoms with Crippen molar-refractivity contribution in [2.24, 2.45) is 0 Å². The molecule has 2 aromatic heterocycles. The van der Waals surface area contributed by atoms with Crippen molar-refractivity contribution in [3.63, 3.8) is 0 Å². The second-order valence-corrected chi connectivity index (χ2v) is 5.73. The van der Waals surface area contributed by atoms with E-state index in [9.17, 15) is 4.79 Å². The lowest BCUT2D eigenvalue weighted by molar-refractivity contribution is 0.0944. The molecule has 0 bridgehead atoms. The number of thiazole rings is 1. The van der Waals surface area contributed by atoms with Gasteiger partial charge in [-0.05, 0) is 30.3 Å². The summed E-state index contributed by atoms with van der Waals surface area (Å²) in [6.45, 7) is 0.334. The van der Waals surface area contributed by atoms with Crippen molar-refractivity contribution in [1.82, 2.24) is 10.3 Å². The molecule has 0 radical (unpaired) electrons. The molecule has 2 N–H and O–H groups in total. The Morgan fingerprint density at radius 3 is 3.00 bits per heavy atom. The van der Waals surface area contributed by atoms with Crippen LogP contribution in [-0.4, -0.2) is 10.9 Å². The molecule has 0 aliphatic heterocycles. The SMILES string of the molecule is O=C(NCc1ccco1)c1csc(Nc2cccc(Cl)c2)n1. The quantitative estimate of drug-likeness (QED) is 0.738. The Labute approximate surface area is 135 Å². The number of rotatable bonds is 5. The largest absolute Gasteiger partial charge is 0.467 e. The summed E-state index contributed by atoms with van der Waals surface area (Å²) in [4.78, 5) is 16.3. The fraction of sp³-hybridized carbons (Fsp3) is 0.0667. The molecule has 0 fully saturated rings. The fourth-order valence-electron chi connectivity index (χ4n) is 1.80. The summed E-state index contributed by atoms with van der Waals surface area (Å²) in [6, 6.07) is 10.9. The fourth-order valence-corrected chi connectivity index (χ4v) is 2.70. The Morgan fingerprint density at radius 1 is 1.32 bits per heavy atom. The Balaban J connectivity index is 1.61. The zero-order chi connectivity index (χ0) is 15.4. The van der Waals surface area contributed by atoms with Gasteiger partial charge < -0.3 is 15.1 Å². The van der Waals surface area contributed by atoms with Crippen molar-refractivity contribution in [2.45, 2.75) is 6.54 Å². The van der Waals surface area contributed by atoms with Gasteiger partial charge in [-0.3, -0.25) is 4.79 Å². The number of benzene rings is 1. The lowest BCUT2D eigenvalue weighted by atomic mass is 10.3. The summed E-state index contributed by atoms with van der Waals surface area (Å²) in [5.41, 5.74) is 1.19. The summed E-state index contributed by atoms with van der Waals surface area (Å²) in [7, 11) is 0. The van der Waals surface area contributed by atoms with E-state index in [0.717, 1.165) is 5.69 Å². The van der Waals surface area contributed by atoms with Gasteiger partial charge in [-0.2, -0.15) is 0 Å². The number of amides is 1. The van der Waals surface area contributed by atoms with E-state index in [4.69, 9.17) is 16.0 Å². The number of hydrogen-bond donors (Lipinski definition) is 2. The monoisotopic (exact) mass is 333 g/mol. The number of hydrogen-bond acceptors (Lipinski definition) is 5. The number of anilines is 2. The molecule has 0 aliphatic rings. The smallest absolute Gasteiger partial charge is 0.271 e. The summed E-state index contributed by atoms with van der Waals surface area (Å²) in [5, 5.41) is 8.83. The van der Waals surface area contributed by atoms with Crippen LogP contribution < -0.4 is 10.6 Å². The van der Waals surface area contributed by atoms with Crippen LogP contribution in [0.4, 0.5) is 10.8 Å². The van der Waals surface area contributed by atoms with Crippen LogP contribution in [0.15, 0.2) is 52.5 Å². The van der Waals surface area contributed by atoms with Gasteiger partial charge in [0, 0.05) is 16.1 Å². The second-order valence-electron chi connectivity index (χ2n) is 4.44. The molecule has 1 amide bonds. The standard InChI is InChI=1S/C15H12ClN3O2S/c16-10-3-1-4-11(7-10)18-15-19-13(9-22-15)14(20)17-8-12-5-2-6-21-12/h1-7,9H,8H2,(H,17,20)(H,18,19). The minimum absolute atomic E-state index is 0.244. The Bertz CT molecular complexity index is 771. The Morgan fingerprint density at radius 2 is 2.23 bits per heavy atom. The highest BCUT2D eigenvalue weighted by atomic mass is 35.5. The zero-order valence-corrected chi connectivity index (χ0v) is 12.9. The number of furan rings is 1. The van der Waals surface area contributed by atoms with Gasteiger partial charge in [0.15, 0.2) is 5.13 Å². The molecule has 3 aromatic rings. The van der Waals surface area contributed by atoms with Gasteiger partial charge in [0.2, 0.25) is 0 Å². The summed E-state index contributed by atoms with van der Waals surface area (Å²) in [5.74, 6) is 0.452. The molecule has 2 heterocycles. The first-order valence-corrected chi connectivity index (χ1v) is 7.75. The van der Waals surface area contributed by atoms with Crippen LogP contribution in [0.2, 0.25) is 5.02 Å². The molecule has 3 rings (SSSR count). The van der Waals surface area contributed by atoms with Crippen LogP contribution in [0.5, 0.6) is 0 Å². The van der Waals surface area contributed by atoms with Crippen LogP contribution in [-0.2, 0) is 6.54 Å². The summed E-state index contributed by atoms with van der Waals surface area (Å²) < 4.78 is 5.16. The van der Waals surface area contributed by atoms with Gasteiger partial charge in [0.25, 0.3) is 5.91 Å². The average molecular weight is 334 g/mol. The topological polar surface area (TPSA) is 67.2 Å². The molecule has 112 valence electrons. The van der Waals surface area contributed by atoms with E-state index in [2.05, 4.69) is 15.6 Å². The molecular weight excluding hydrogens is 322 g/mol. The molecule has 0 unspecified atom stereocenters. The third-order valence-corrected chi connectivity index (χ3v) is 3.81. The average Bonchev–Trinajstić information content (AvgIpc) is 3.16. The number of nitrogens with one attached hydrogen (secondary N) is 2. The maximum absolute atomic E-state index is 12.0. The van der Waals surface area contributed by atoms with Crippen molar-refractivity contribution in [2.75, 3.05) is 5.32 Å². The molecule has 5 nitrogen and oxygen atoms in total. The lowest BCUT2D eigenvalue weighted by Crippen LogP contribution is -2.22. The Kier molecular flexibility index (Phi) is 4.41. The first-order valence-electron chi connectivity index (χ1n) is 6.49. The maximum atomic E-state index is 12.0. The van der Waals surface area contributed by atoms with Crippen molar-refractivity contribution in [1.29, 1.82) is 0 Å². The van der Waals surface area contributed by atoms with Crippen LogP contribution >= 0.6 is 22.9 Å². The van der Waals surface area contributed by atoms with E-state index in [1.807, 2.05) is 12.1 Å². The van der Waals surface area contributed by atoms with Gasteiger partial charge in [-0.1, -0.05) is 17.7 Å². The first-order chi connectivity index (χ1) is 10.7. The van der Waals surface area contributed by atoms with E-state index in [1.165, 1.54) is 11.3 Å². The van der Waals surface area contributed by atoms with Crippen molar-refractivity contribution in [3.05, 3.63) is 64.5 Å². The molecule has 7 heteroatoms. The summed E-state index contributed by atoms with van der Waals surface area (Å²) >= 11 is 7.28. The molecule has 0 spiro atoms. The number of carbonyl (C=O) groups is 1. The highest BCUT2D eigenvalue weighted by Crippen LogP contribution is 2.23. The Hall–Kier alpha value is -2.31. The predicted molar refractivity (Wildman–Crippen MR) is 86.7 cm³/mol. The van der Waals surface area contributed by atoms with E-state index in [0.29, 0.717) is 28.2 Å². The van der Waals surface area contributed by atoms with Crippen LogP contribution in [0.25, 0.3) is 0 Å². The molecule has 22 heavy (non-hydrogen) atoms. The minimum atomic E-state index is -0.244. The number of halogens is 1. The van der Waals surface area contributed by atoms with Crippen LogP contribution in [0, 0.1) is 0 Å². The van der Waals surface area contributed by atoms with Gasteiger partial charge in [0.1, 0.15) is 11.5 Å². The van der Waals surface area contributed by atoms with Crippen LogP contribution in [0.1, 0.15) is 16.2 Å². The minimum Gasteiger partial charge on any atom is -0.467 e. The first kappa shape index (κ1) is 14.6. The maximum Gasteiger partial charge on any atom is 0.271 e. The highest BCUT2D eigenvalue weighted by Gasteiger charge is 2.11. The summed E-state index contributed by atoms with van der Waals surface area (Å²) in [6.07, 6.45) is 1.57. The van der Waals surface area contributed by atoms with Crippen LogP contribution in [0.3, 0.4) is 0 Å². The van der Waals surface area contributed by atoms with Crippen molar-refractivity contribution in [3.8, 4) is 0 Å². The third-order valence-electron chi connectivity index (χ3n) is 2.82. The van der Waals surface area contributed by atoms with Crippen molar-refractivity contribution < 1.29 is 9.21 Å². The lowest BCUT2D eigenvalue weighted by Gasteiger charge is -2.02. The van der Waals surface area contributed by atoms with E-state index in [1.54, 1.807) is 35.9 Å². The number of aromatic nitrogens is 1. The molecule has 0 atom stereocenters. The number of nitrogens with zero attached hydrogens (tertiary/aromatic N) is 1. The molecule has 0 saturated heterocycles. The van der Waals surface area contributed by atoms with Gasteiger partial charge in [-0.15, -0.1) is 11.3 Å². The van der Waals surface area contributed by atoms with Gasteiger partial charge in [0.05, 0.1) is 12.8 Å². The predicted octanol–water partition coefficient (Wildman–Crippen LogP) is 4.06.